The standard InChI is InChI=1S/C10H9F3N4/c1-5-3-7(15-4-14-5)9-8(10(11,12)13)6(2)16-17-9/h3-4H,1-2H3,(H,16,17). The highest BCUT2D eigenvalue weighted by Crippen LogP contribution is 2.37. The molecule has 17 heavy (non-hydrogen) atoms. The lowest BCUT2D eigenvalue weighted by Gasteiger charge is -2.07. The lowest BCUT2D eigenvalue weighted by Crippen LogP contribution is -2.08. The summed E-state index contributed by atoms with van der Waals surface area (Å²) in [5.74, 6) is 0. The van der Waals surface area contributed by atoms with Gasteiger partial charge in [0.1, 0.15) is 11.9 Å². The van der Waals surface area contributed by atoms with Gasteiger partial charge in [0.15, 0.2) is 0 Å². The number of alkyl halides is 3. The van der Waals surface area contributed by atoms with E-state index in [1.165, 1.54) is 19.3 Å². The van der Waals surface area contributed by atoms with Crippen LogP contribution in [0.25, 0.3) is 11.4 Å². The van der Waals surface area contributed by atoms with Crippen LogP contribution in [0.2, 0.25) is 0 Å². The Labute approximate surface area is 94.9 Å². The monoisotopic (exact) mass is 242 g/mol. The molecular formula is C10H9F3N4. The fourth-order valence-corrected chi connectivity index (χ4v) is 1.56. The van der Waals surface area contributed by atoms with Crippen molar-refractivity contribution in [1.29, 1.82) is 0 Å². The molecule has 4 nitrogen and oxygen atoms in total. The van der Waals surface area contributed by atoms with Crippen LogP contribution < -0.4 is 0 Å². The minimum atomic E-state index is -4.45. The molecule has 90 valence electrons. The van der Waals surface area contributed by atoms with Gasteiger partial charge in [0, 0.05) is 5.69 Å². The quantitative estimate of drug-likeness (QED) is 0.835. The molecule has 0 atom stereocenters. The Morgan fingerprint density at radius 3 is 2.47 bits per heavy atom. The van der Waals surface area contributed by atoms with Gasteiger partial charge in [-0.1, -0.05) is 0 Å². The Hall–Kier alpha value is -1.92. The van der Waals surface area contributed by atoms with Crippen molar-refractivity contribution < 1.29 is 13.2 Å². The number of aromatic amines is 1. The van der Waals surface area contributed by atoms with Crippen LogP contribution in [0.1, 0.15) is 17.0 Å². The lowest BCUT2D eigenvalue weighted by molar-refractivity contribution is -0.137. The van der Waals surface area contributed by atoms with Crippen LogP contribution in [-0.4, -0.2) is 20.2 Å². The van der Waals surface area contributed by atoms with Gasteiger partial charge in [0.05, 0.1) is 17.1 Å². The zero-order chi connectivity index (χ0) is 12.6. The Bertz CT molecular complexity index is 545. The van der Waals surface area contributed by atoms with Crippen molar-refractivity contribution in [2.24, 2.45) is 0 Å². The highest BCUT2D eigenvalue weighted by atomic mass is 19.4. The third-order valence-electron chi connectivity index (χ3n) is 2.29. The second-order valence-electron chi connectivity index (χ2n) is 3.60. The van der Waals surface area contributed by atoms with Gasteiger partial charge in [-0.25, -0.2) is 9.97 Å². The van der Waals surface area contributed by atoms with Gasteiger partial charge in [-0.3, -0.25) is 5.10 Å². The van der Waals surface area contributed by atoms with Crippen molar-refractivity contribution in [3.8, 4) is 11.4 Å². The van der Waals surface area contributed by atoms with E-state index in [9.17, 15) is 13.2 Å². The zero-order valence-electron chi connectivity index (χ0n) is 9.13. The van der Waals surface area contributed by atoms with Crippen LogP contribution in [0.15, 0.2) is 12.4 Å². The van der Waals surface area contributed by atoms with E-state index in [-0.39, 0.29) is 17.1 Å². The molecule has 2 aromatic rings. The normalized spacial score (nSPS) is 11.8. The van der Waals surface area contributed by atoms with E-state index in [4.69, 9.17) is 0 Å². The molecule has 0 aromatic carbocycles. The van der Waals surface area contributed by atoms with Crippen LogP contribution in [0.3, 0.4) is 0 Å². The van der Waals surface area contributed by atoms with Gasteiger partial charge >= 0.3 is 6.18 Å². The minimum absolute atomic E-state index is 0.0937. The Morgan fingerprint density at radius 1 is 1.18 bits per heavy atom. The molecule has 0 aliphatic heterocycles. The first-order chi connectivity index (χ1) is 7.89. The number of hydrogen-bond acceptors (Lipinski definition) is 3. The molecule has 0 unspecified atom stereocenters. The topological polar surface area (TPSA) is 54.5 Å². The number of nitrogens with one attached hydrogen (secondary N) is 1. The molecular weight excluding hydrogens is 233 g/mol. The molecule has 2 heterocycles. The van der Waals surface area contributed by atoms with E-state index in [2.05, 4.69) is 20.2 Å². The van der Waals surface area contributed by atoms with Gasteiger partial charge in [0.25, 0.3) is 0 Å². The number of nitrogens with zero attached hydrogens (tertiary/aromatic N) is 3. The maximum absolute atomic E-state index is 12.8. The number of rotatable bonds is 1. The summed E-state index contributed by atoms with van der Waals surface area (Å²) < 4.78 is 38.5. The average molecular weight is 242 g/mol. The minimum Gasteiger partial charge on any atom is -0.275 e. The third-order valence-corrected chi connectivity index (χ3v) is 2.29. The summed E-state index contributed by atoms with van der Waals surface area (Å²) in [6.07, 6.45) is -3.23. The van der Waals surface area contributed by atoms with Crippen molar-refractivity contribution >= 4 is 0 Å². The predicted molar refractivity (Wildman–Crippen MR) is 54.1 cm³/mol. The van der Waals surface area contributed by atoms with Gasteiger partial charge < -0.3 is 0 Å². The maximum Gasteiger partial charge on any atom is 0.420 e. The number of aromatic nitrogens is 4. The van der Waals surface area contributed by atoms with Crippen molar-refractivity contribution in [3.63, 3.8) is 0 Å². The second kappa shape index (κ2) is 3.83. The summed E-state index contributed by atoms with van der Waals surface area (Å²) in [6.45, 7) is 2.98. The highest BCUT2D eigenvalue weighted by Gasteiger charge is 2.38. The first-order valence-corrected chi connectivity index (χ1v) is 4.81. The molecule has 7 heteroatoms. The van der Waals surface area contributed by atoms with Crippen LogP contribution in [-0.2, 0) is 6.18 Å². The Kier molecular flexibility index (Phi) is 2.60. The molecule has 0 saturated carbocycles. The summed E-state index contributed by atoms with van der Waals surface area (Å²) in [4.78, 5) is 7.65. The van der Waals surface area contributed by atoms with Gasteiger partial charge in [-0.15, -0.1) is 0 Å². The van der Waals surface area contributed by atoms with E-state index in [0.717, 1.165) is 0 Å². The molecule has 0 fully saturated rings. The van der Waals surface area contributed by atoms with Crippen molar-refractivity contribution in [1.82, 2.24) is 20.2 Å². The number of hydrogen-bond donors (Lipinski definition) is 1. The van der Waals surface area contributed by atoms with Crippen molar-refractivity contribution in [3.05, 3.63) is 29.3 Å². The van der Waals surface area contributed by atoms with E-state index in [1.807, 2.05) is 0 Å². The van der Waals surface area contributed by atoms with Crippen LogP contribution >= 0.6 is 0 Å². The van der Waals surface area contributed by atoms with Crippen molar-refractivity contribution in [2.45, 2.75) is 20.0 Å². The Morgan fingerprint density at radius 2 is 1.88 bits per heavy atom. The summed E-state index contributed by atoms with van der Waals surface area (Å²) in [7, 11) is 0. The van der Waals surface area contributed by atoms with Gasteiger partial charge in [0.2, 0.25) is 0 Å². The number of aryl methyl sites for hydroxylation is 2. The van der Waals surface area contributed by atoms with E-state index >= 15 is 0 Å². The molecule has 0 spiro atoms. The largest absolute Gasteiger partial charge is 0.420 e. The van der Waals surface area contributed by atoms with Gasteiger partial charge in [-0.05, 0) is 19.9 Å². The lowest BCUT2D eigenvalue weighted by atomic mass is 10.1. The first kappa shape index (κ1) is 11.6. The van der Waals surface area contributed by atoms with Gasteiger partial charge in [-0.2, -0.15) is 18.3 Å². The summed E-state index contributed by atoms with van der Waals surface area (Å²) in [5, 5.41) is 5.95. The third kappa shape index (κ3) is 2.13. The number of H-pyrrole nitrogens is 1. The summed E-state index contributed by atoms with van der Waals surface area (Å²) in [5.41, 5.74) is -0.222. The SMILES string of the molecule is Cc1cc(-c2[nH]nc(C)c2C(F)(F)F)ncn1. The van der Waals surface area contributed by atoms with E-state index in [0.29, 0.717) is 5.69 Å². The molecule has 1 N–H and O–H groups in total. The molecule has 0 aliphatic rings. The molecule has 0 radical (unpaired) electrons. The fourth-order valence-electron chi connectivity index (χ4n) is 1.56. The second-order valence-corrected chi connectivity index (χ2v) is 3.60. The van der Waals surface area contributed by atoms with Crippen LogP contribution in [0, 0.1) is 13.8 Å². The van der Waals surface area contributed by atoms with E-state index in [1.54, 1.807) is 6.92 Å². The first-order valence-electron chi connectivity index (χ1n) is 4.81. The summed E-state index contributed by atoms with van der Waals surface area (Å²) in [6, 6.07) is 1.47. The van der Waals surface area contributed by atoms with Crippen LogP contribution in [0.4, 0.5) is 13.2 Å². The molecule has 2 aromatic heterocycles. The highest BCUT2D eigenvalue weighted by molar-refractivity contribution is 5.60. The van der Waals surface area contributed by atoms with Crippen LogP contribution in [0.5, 0.6) is 0 Å². The fraction of sp³-hybridized carbons (Fsp3) is 0.300. The summed E-state index contributed by atoms with van der Waals surface area (Å²) >= 11 is 0. The van der Waals surface area contributed by atoms with E-state index < -0.39 is 11.7 Å². The van der Waals surface area contributed by atoms with Crippen molar-refractivity contribution in [2.75, 3.05) is 0 Å². The molecule has 0 bridgehead atoms. The molecule has 2 rings (SSSR count). The molecule has 0 aliphatic carbocycles. The molecule has 0 saturated heterocycles. The molecule has 0 amide bonds. The predicted octanol–water partition coefficient (Wildman–Crippen LogP) is 2.50. The Balaban J connectivity index is 2.61. The maximum atomic E-state index is 12.8. The zero-order valence-corrected chi connectivity index (χ0v) is 9.13. The smallest absolute Gasteiger partial charge is 0.275 e. The number of halogens is 3. The average Bonchev–Trinajstić information content (AvgIpc) is 2.59.